The zero-order valence-electron chi connectivity index (χ0n) is 14.5. The van der Waals surface area contributed by atoms with Crippen molar-refractivity contribution in [3.8, 4) is 0 Å². The minimum atomic E-state index is -0.289. The highest BCUT2D eigenvalue weighted by Gasteiger charge is 2.61. The highest BCUT2D eigenvalue weighted by Crippen LogP contribution is 2.65. The monoisotopic (exact) mass is 294 g/mol. The lowest BCUT2D eigenvalue weighted by atomic mass is 9.49. The summed E-state index contributed by atoms with van der Waals surface area (Å²) in [6.07, 6.45) is 9.71. The molecule has 122 valence electrons. The van der Waals surface area contributed by atoms with E-state index < -0.39 is 0 Å². The lowest BCUT2D eigenvalue weighted by Crippen LogP contribution is -2.57. The van der Waals surface area contributed by atoms with Crippen LogP contribution in [0.25, 0.3) is 0 Å². The van der Waals surface area contributed by atoms with Gasteiger partial charge < -0.3 is 9.84 Å². The van der Waals surface area contributed by atoms with Crippen LogP contribution in [0.3, 0.4) is 0 Å². The standard InChI is InChI=1S/C19H34O2/c1-5-14(20)12-21-19-9-6-8-18(4,13-19)10-7-15-16(19)11-17(15,2)3/h14-16,20H,5-13H2,1-4H3. The zero-order chi connectivity index (χ0) is 15.3. The summed E-state index contributed by atoms with van der Waals surface area (Å²) < 4.78 is 6.52. The maximum Gasteiger partial charge on any atom is 0.0771 e. The van der Waals surface area contributed by atoms with Gasteiger partial charge in [0, 0.05) is 0 Å². The quantitative estimate of drug-likeness (QED) is 0.824. The van der Waals surface area contributed by atoms with Crippen molar-refractivity contribution in [1.29, 1.82) is 0 Å². The fourth-order valence-corrected chi connectivity index (χ4v) is 5.75. The first-order chi connectivity index (χ1) is 9.80. The average molecular weight is 294 g/mol. The molecule has 0 aromatic rings. The van der Waals surface area contributed by atoms with E-state index in [0.29, 0.717) is 17.4 Å². The number of hydrogen-bond acceptors (Lipinski definition) is 2. The Labute approximate surface area is 130 Å². The molecule has 0 spiro atoms. The average Bonchev–Trinajstić information content (AvgIpc) is 2.48. The van der Waals surface area contributed by atoms with E-state index in [9.17, 15) is 5.11 Å². The molecule has 0 aromatic carbocycles. The van der Waals surface area contributed by atoms with Gasteiger partial charge in [0.1, 0.15) is 0 Å². The Kier molecular flexibility index (Phi) is 3.94. The van der Waals surface area contributed by atoms with Crippen LogP contribution in [0.2, 0.25) is 0 Å². The number of hydrogen-bond donors (Lipinski definition) is 1. The molecule has 0 radical (unpaired) electrons. The van der Waals surface area contributed by atoms with E-state index in [0.717, 1.165) is 18.3 Å². The molecule has 3 rings (SSSR count). The van der Waals surface area contributed by atoms with Gasteiger partial charge in [-0.1, -0.05) is 34.1 Å². The smallest absolute Gasteiger partial charge is 0.0771 e. The Balaban J connectivity index is 1.83. The van der Waals surface area contributed by atoms with E-state index >= 15 is 0 Å². The van der Waals surface area contributed by atoms with Gasteiger partial charge in [0.25, 0.3) is 0 Å². The van der Waals surface area contributed by atoms with Gasteiger partial charge in [0.05, 0.1) is 18.3 Å². The van der Waals surface area contributed by atoms with Crippen molar-refractivity contribution >= 4 is 0 Å². The summed E-state index contributed by atoms with van der Waals surface area (Å²) in [6.45, 7) is 9.95. The molecule has 0 aromatic heterocycles. The maximum absolute atomic E-state index is 9.96. The van der Waals surface area contributed by atoms with Crippen molar-refractivity contribution in [2.75, 3.05) is 6.61 Å². The fourth-order valence-electron chi connectivity index (χ4n) is 5.75. The molecule has 3 fully saturated rings. The van der Waals surface area contributed by atoms with Gasteiger partial charge >= 0.3 is 0 Å². The molecular weight excluding hydrogens is 260 g/mol. The van der Waals surface area contributed by atoms with Crippen LogP contribution in [0.1, 0.15) is 79.1 Å². The molecule has 3 saturated carbocycles. The highest BCUT2D eigenvalue weighted by atomic mass is 16.5. The lowest BCUT2D eigenvalue weighted by molar-refractivity contribution is -0.202. The van der Waals surface area contributed by atoms with Gasteiger partial charge in [0.2, 0.25) is 0 Å². The molecule has 0 aliphatic heterocycles. The summed E-state index contributed by atoms with van der Waals surface area (Å²) in [6, 6.07) is 0. The summed E-state index contributed by atoms with van der Waals surface area (Å²) in [5.74, 6) is 1.56. The minimum Gasteiger partial charge on any atom is -0.391 e. The first kappa shape index (κ1) is 15.8. The number of aliphatic hydroxyl groups excluding tert-OH is 1. The topological polar surface area (TPSA) is 29.5 Å². The second kappa shape index (κ2) is 5.23. The molecule has 0 saturated heterocycles. The van der Waals surface area contributed by atoms with Crippen LogP contribution in [0, 0.1) is 22.7 Å². The summed E-state index contributed by atoms with van der Waals surface area (Å²) in [5, 5.41) is 9.96. The largest absolute Gasteiger partial charge is 0.391 e. The van der Waals surface area contributed by atoms with Gasteiger partial charge in [0.15, 0.2) is 0 Å². The van der Waals surface area contributed by atoms with Crippen LogP contribution in [0.15, 0.2) is 0 Å². The Morgan fingerprint density at radius 3 is 2.57 bits per heavy atom. The van der Waals surface area contributed by atoms with Crippen molar-refractivity contribution in [1.82, 2.24) is 0 Å². The molecule has 1 N–H and O–H groups in total. The normalized spacial score (nSPS) is 46.1. The summed E-state index contributed by atoms with van der Waals surface area (Å²) >= 11 is 0. The molecule has 2 heteroatoms. The predicted molar refractivity (Wildman–Crippen MR) is 86.2 cm³/mol. The first-order valence-corrected chi connectivity index (χ1v) is 9.12. The maximum atomic E-state index is 9.96. The third kappa shape index (κ3) is 2.67. The summed E-state index contributed by atoms with van der Waals surface area (Å²) in [7, 11) is 0. The van der Waals surface area contributed by atoms with E-state index in [1.807, 2.05) is 6.92 Å². The summed E-state index contributed by atoms with van der Waals surface area (Å²) in [4.78, 5) is 0. The molecule has 3 aliphatic carbocycles. The van der Waals surface area contributed by atoms with Crippen molar-refractivity contribution in [3.63, 3.8) is 0 Å². The third-order valence-corrected chi connectivity index (χ3v) is 7.11. The first-order valence-electron chi connectivity index (χ1n) is 9.12. The number of ether oxygens (including phenoxy) is 1. The van der Waals surface area contributed by atoms with Crippen molar-refractivity contribution in [2.45, 2.75) is 90.8 Å². The summed E-state index contributed by atoms with van der Waals surface area (Å²) in [5.41, 5.74) is 1.04. The van der Waals surface area contributed by atoms with E-state index in [2.05, 4.69) is 20.8 Å². The van der Waals surface area contributed by atoms with Crippen molar-refractivity contribution in [2.24, 2.45) is 22.7 Å². The Bertz CT molecular complexity index is 391. The van der Waals surface area contributed by atoms with Gasteiger partial charge in [-0.25, -0.2) is 0 Å². The van der Waals surface area contributed by atoms with E-state index in [-0.39, 0.29) is 11.7 Å². The second-order valence-electron chi connectivity index (χ2n) is 9.22. The molecule has 5 atom stereocenters. The van der Waals surface area contributed by atoms with Crippen LogP contribution in [-0.4, -0.2) is 23.4 Å². The third-order valence-electron chi connectivity index (χ3n) is 7.11. The Morgan fingerprint density at radius 1 is 1.14 bits per heavy atom. The molecule has 2 nitrogen and oxygen atoms in total. The van der Waals surface area contributed by atoms with Crippen LogP contribution >= 0.6 is 0 Å². The SMILES string of the molecule is CCC(O)COC12CCCC(C)(CCC3C1CC3(C)C)C2. The predicted octanol–water partition coefficient (Wildman–Crippen LogP) is 4.55. The van der Waals surface area contributed by atoms with E-state index in [4.69, 9.17) is 4.74 Å². The Hall–Kier alpha value is -0.0800. The van der Waals surface area contributed by atoms with Gasteiger partial charge in [-0.2, -0.15) is 0 Å². The van der Waals surface area contributed by atoms with Crippen LogP contribution in [0.4, 0.5) is 0 Å². The molecule has 0 heterocycles. The van der Waals surface area contributed by atoms with Crippen LogP contribution in [0.5, 0.6) is 0 Å². The lowest BCUT2D eigenvalue weighted by Gasteiger charge is -2.59. The molecule has 0 amide bonds. The molecule has 5 unspecified atom stereocenters. The van der Waals surface area contributed by atoms with Crippen LogP contribution in [-0.2, 0) is 4.74 Å². The minimum absolute atomic E-state index is 0.0693. The van der Waals surface area contributed by atoms with E-state index in [1.165, 1.54) is 44.9 Å². The molecular formula is C19H34O2. The van der Waals surface area contributed by atoms with Crippen molar-refractivity contribution < 1.29 is 9.84 Å². The molecule has 21 heavy (non-hydrogen) atoms. The second-order valence-corrected chi connectivity index (χ2v) is 9.22. The van der Waals surface area contributed by atoms with E-state index in [1.54, 1.807) is 0 Å². The van der Waals surface area contributed by atoms with Gasteiger partial charge in [-0.05, 0) is 67.6 Å². The number of aliphatic hydroxyl groups is 1. The Morgan fingerprint density at radius 2 is 1.90 bits per heavy atom. The van der Waals surface area contributed by atoms with Crippen molar-refractivity contribution in [3.05, 3.63) is 0 Å². The molecule has 2 bridgehead atoms. The van der Waals surface area contributed by atoms with Gasteiger partial charge in [-0.3, -0.25) is 0 Å². The number of rotatable bonds is 4. The highest BCUT2D eigenvalue weighted by molar-refractivity contribution is 5.11. The number of fused-ring (bicyclic) bond motifs is 4. The molecule has 3 aliphatic rings. The zero-order valence-corrected chi connectivity index (χ0v) is 14.5. The fraction of sp³-hybridized carbons (Fsp3) is 1.00. The van der Waals surface area contributed by atoms with Crippen LogP contribution < -0.4 is 0 Å². The van der Waals surface area contributed by atoms with Gasteiger partial charge in [-0.15, -0.1) is 0 Å².